The van der Waals surface area contributed by atoms with Gasteiger partial charge in [0.05, 0.1) is 0 Å². The molecular formula is C5H12N2O2. The topological polar surface area (TPSA) is 89.3 Å². The third-order valence-corrected chi connectivity index (χ3v) is 1.00. The molecule has 0 aliphatic carbocycles. The van der Waals surface area contributed by atoms with Crippen molar-refractivity contribution < 1.29 is 9.90 Å². The Morgan fingerprint density at radius 1 is 1.67 bits per heavy atom. The Labute approximate surface area is 53.8 Å². The molecule has 0 unspecified atom stereocenters. The lowest BCUT2D eigenvalue weighted by Crippen LogP contribution is -2.33. The van der Waals surface area contributed by atoms with Gasteiger partial charge in [-0.25, -0.2) is 0 Å². The highest BCUT2D eigenvalue weighted by atomic mass is 16.3. The van der Waals surface area contributed by atoms with E-state index in [-0.39, 0.29) is 12.5 Å². The van der Waals surface area contributed by atoms with Crippen LogP contribution in [0, 0.1) is 0 Å². The first-order valence-electron chi connectivity index (χ1n) is 2.79. The quantitative estimate of drug-likeness (QED) is 0.394. The Bertz CT molecular complexity index is 87.0. The zero-order valence-corrected chi connectivity index (χ0v) is 5.16. The summed E-state index contributed by atoms with van der Waals surface area (Å²) < 4.78 is 0. The highest BCUT2D eigenvalue weighted by Gasteiger charge is 2.06. The first-order chi connectivity index (χ1) is 4.20. The Kier molecular flexibility index (Phi) is 4.21. The number of aliphatic hydroxyl groups is 1. The molecule has 0 rings (SSSR count). The van der Waals surface area contributed by atoms with Gasteiger partial charge in [0.1, 0.15) is 12.4 Å². The van der Waals surface area contributed by atoms with E-state index in [1.54, 1.807) is 0 Å². The molecule has 0 aromatic carbocycles. The molecule has 0 aromatic heterocycles. The van der Waals surface area contributed by atoms with Crippen molar-refractivity contribution in [2.45, 2.75) is 18.6 Å². The van der Waals surface area contributed by atoms with Gasteiger partial charge in [-0.3, -0.25) is 0 Å². The molecule has 0 aliphatic rings. The summed E-state index contributed by atoms with van der Waals surface area (Å²) in [6.45, 7) is 0.297. The molecule has 0 radical (unpaired) electrons. The molecule has 54 valence electrons. The highest BCUT2D eigenvalue weighted by Crippen LogP contribution is 1.89. The van der Waals surface area contributed by atoms with Crippen molar-refractivity contribution in [1.82, 2.24) is 0 Å². The second-order valence-corrected chi connectivity index (χ2v) is 1.93. The average molecular weight is 132 g/mol. The van der Waals surface area contributed by atoms with Gasteiger partial charge < -0.3 is 21.4 Å². The molecule has 0 aliphatic heterocycles. The van der Waals surface area contributed by atoms with Gasteiger partial charge in [0.15, 0.2) is 0 Å². The predicted molar refractivity (Wildman–Crippen MR) is 33.7 cm³/mol. The van der Waals surface area contributed by atoms with E-state index in [0.29, 0.717) is 12.8 Å². The van der Waals surface area contributed by atoms with E-state index in [1.807, 2.05) is 0 Å². The van der Waals surface area contributed by atoms with Crippen LogP contribution in [0.3, 0.4) is 0 Å². The third kappa shape index (κ3) is 4.08. The predicted octanol–water partition coefficient (Wildman–Crippen LogP) is -1.78. The summed E-state index contributed by atoms with van der Waals surface area (Å²) in [7, 11) is 0. The van der Waals surface area contributed by atoms with Crippen molar-refractivity contribution in [3.05, 3.63) is 0 Å². The normalized spacial score (nSPS) is 16.8. The van der Waals surface area contributed by atoms with Crippen molar-refractivity contribution in [3.8, 4) is 0 Å². The van der Waals surface area contributed by atoms with Crippen LogP contribution in [0.25, 0.3) is 0 Å². The van der Waals surface area contributed by atoms with E-state index in [4.69, 9.17) is 16.6 Å². The Hall–Kier alpha value is -0.450. The Morgan fingerprint density at radius 2 is 2.22 bits per heavy atom. The van der Waals surface area contributed by atoms with Crippen LogP contribution in [0.2, 0.25) is 0 Å². The van der Waals surface area contributed by atoms with Crippen LogP contribution in [0.1, 0.15) is 6.42 Å². The van der Waals surface area contributed by atoms with Crippen molar-refractivity contribution in [1.29, 1.82) is 0 Å². The zero-order chi connectivity index (χ0) is 7.28. The molecule has 0 spiro atoms. The summed E-state index contributed by atoms with van der Waals surface area (Å²) in [5.74, 6) is 0. The number of hydrogen-bond donors (Lipinski definition) is 3. The lowest BCUT2D eigenvalue weighted by Gasteiger charge is -2.08. The maximum Gasteiger partial charge on any atom is 0.148 e. The molecule has 0 saturated heterocycles. The highest BCUT2D eigenvalue weighted by molar-refractivity contribution is 5.55. The molecular weight excluding hydrogens is 120 g/mol. The van der Waals surface area contributed by atoms with E-state index in [9.17, 15) is 4.79 Å². The maximum atomic E-state index is 9.81. The van der Waals surface area contributed by atoms with Gasteiger partial charge in [-0.15, -0.1) is 0 Å². The number of nitrogens with two attached hydrogens (primary N) is 2. The van der Waals surface area contributed by atoms with Crippen LogP contribution in [0.4, 0.5) is 0 Å². The number of aldehydes is 1. The number of rotatable bonds is 4. The monoisotopic (exact) mass is 132 g/mol. The molecule has 4 nitrogen and oxygen atoms in total. The van der Waals surface area contributed by atoms with E-state index < -0.39 is 6.10 Å². The summed E-state index contributed by atoms with van der Waals surface area (Å²) in [5, 5.41) is 8.66. The van der Waals surface area contributed by atoms with Crippen molar-refractivity contribution in [3.63, 3.8) is 0 Å². The van der Waals surface area contributed by atoms with Crippen LogP contribution >= 0.6 is 0 Å². The van der Waals surface area contributed by atoms with Gasteiger partial charge in [0, 0.05) is 12.6 Å². The average Bonchev–Trinajstić information content (AvgIpc) is 1.87. The molecule has 9 heavy (non-hydrogen) atoms. The molecule has 0 aromatic rings. The fourth-order valence-corrected chi connectivity index (χ4v) is 0.462. The summed E-state index contributed by atoms with van der Waals surface area (Å²) in [4.78, 5) is 9.81. The number of carbonyl (C=O) groups excluding carboxylic acids is 1. The lowest BCUT2D eigenvalue weighted by molar-refractivity contribution is -0.115. The van der Waals surface area contributed by atoms with E-state index >= 15 is 0 Å². The van der Waals surface area contributed by atoms with Crippen molar-refractivity contribution >= 4 is 6.29 Å². The lowest BCUT2D eigenvalue weighted by atomic mass is 10.1. The molecule has 0 saturated carbocycles. The van der Waals surface area contributed by atoms with Gasteiger partial charge in [-0.2, -0.15) is 0 Å². The van der Waals surface area contributed by atoms with Crippen LogP contribution < -0.4 is 11.5 Å². The van der Waals surface area contributed by atoms with Gasteiger partial charge in [-0.1, -0.05) is 0 Å². The van der Waals surface area contributed by atoms with Crippen molar-refractivity contribution in [2.24, 2.45) is 11.5 Å². The van der Waals surface area contributed by atoms with Gasteiger partial charge >= 0.3 is 0 Å². The van der Waals surface area contributed by atoms with Gasteiger partial charge in [-0.05, 0) is 6.42 Å². The molecule has 0 fully saturated rings. The molecule has 0 bridgehead atoms. The van der Waals surface area contributed by atoms with Crippen LogP contribution in [-0.4, -0.2) is 30.1 Å². The molecule has 5 N–H and O–H groups in total. The molecule has 0 amide bonds. The van der Waals surface area contributed by atoms with Crippen molar-refractivity contribution in [2.75, 3.05) is 6.54 Å². The minimum atomic E-state index is -0.955. The van der Waals surface area contributed by atoms with Crippen LogP contribution in [0.5, 0.6) is 0 Å². The number of aliphatic hydroxyl groups excluding tert-OH is 1. The molecule has 2 atom stereocenters. The summed E-state index contributed by atoms with van der Waals surface area (Å²) in [6.07, 6.45) is -0.251. The van der Waals surface area contributed by atoms with Gasteiger partial charge in [0.2, 0.25) is 0 Å². The smallest absolute Gasteiger partial charge is 0.148 e. The second-order valence-electron chi connectivity index (χ2n) is 1.93. The second kappa shape index (κ2) is 4.43. The SMILES string of the molecule is NC[C@@H](N)C[C@H](O)C=O. The molecule has 0 heterocycles. The fraction of sp³-hybridized carbons (Fsp3) is 0.800. The number of carbonyl (C=O) groups is 1. The van der Waals surface area contributed by atoms with Crippen LogP contribution in [-0.2, 0) is 4.79 Å². The van der Waals surface area contributed by atoms with E-state index in [0.717, 1.165) is 0 Å². The van der Waals surface area contributed by atoms with E-state index in [1.165, 1.54) is 0 Å². The Morgan fingerprint density at radius 3 is 2.56 bits per heavy atom. The number of hydrogen-bond acceptors (Lipinski definition) is 4. The molecule has 4 heteroatoms. The fourth-order valence-electron chi connectivity index (χ4n) is 0.462. The summed E-state index contributed by atoms with van der Waals surface area (Å²) in [5.41, 5.74) is 10.4. The largest absolute Gasteiger partial charge is 0.386 e. The first kappa shape index (κ1) is 8.55. The minimum absolute atomic E-state index is 0.250. The van der Waals surface area contributed by atoms with E-state index in [2.05, 4.69) is 0 Å². The minimum Gasteiger partial charge on any atom is -0.386 e. The summed E-state index contributed by atoms with van der Waals surface area (Å²) in [6, 6.07) is -0.273. The standard InChI is InChI=1S/C5H12N2O2/c6-2-4(7)1-5(9)3-8/h3-5,9H,1-2,6-7H2/t4-,5-/m0/s1. The first-order valence-corrected chi connectivity index (χ1v) is 2.79. The van der Waals surface area contributed by atoms with Crippen LogP contribution in [0.15, 0.2) is 0 Å². The zero-order valence-electron chi connectivity index (χ0n) is 5.16. The maximum absolute atomic E-state index is 9.81. The Balaban J connectivity index is 3.33. The van der Waals surface area contributed by atoms with Gasteiger partial charge in [0.25, 0.3) is 0 Å². The third-order valence-electron chi connectivity index (χ3n) is 1.00. The summed E-state index contributed by atoms with van der Waals surface area (Å²) >= 11 is 0.